The van der Waals surface area contributed by atoms with Crippen molar-refractivity contribution < 1.29 is 36.6 Å². The van der Waals surface area contributed by atoms with Crippen LogP contribution in [0.4, 0.5) is 17.6 Å². The molecule has 2 bridgehead atoms. The van der Waals surface area contributed by atoms with Crippen LogP contribution < -0.4 is 0 Å². The molecule has 0 radical (unpaired) electrons. The normalized spacial score (nSPS) is 27.7. The Balaban J connectivity index is 1.97. The summed E-state index contributed by atoms with van der Waals surface area (Å²) in [7, 11) is 0. The third-order valence-corrected chi connectivity index (χ3v) is 5.60. The summed E-state index contributed by atoms with van der Waals surface area (Å²) >= 11 is 0. The zero-order valence-corrected chi connectivity index (χ0v) is 15.6. The Kier molecular flexibility index (Phi) is 6.58. The fraction of sp³-hybridized carbons (Fsp3) is 0.789. The topological polar surface area (TPSA) is 52.6 Å². The number of carbonyl (C=O) groups is 2. The van der Waals surface area contributed by atoms with Crippen molar-refractivity contribution >= 4 is 11.9 Å². The van der Waals surface area contributed by atoms with Crippen LogP contribution in [0, 0.1) is 17.8 Å². The Morgan fingerprint density at radius 1 is 1.19 bits per heavy atom. The molecule has 0 N–H and O–H groups in total. The molecule has 4 nitrogen and oxygen atoms in total. The van der Waals surface area contributed by atoms with Gasteiger partial charge < -0.3 is 9.47 Å². The lowest BCUT2D eigenvalue weighted by atomic mass is 9.89. The molecule has 8 heteroatoms. The average molecular weight is 394 g/mol. The summed E-state index contributed by atoms with van der Waals surface area (Å²) in [4.78, 5) is 24.0. The molecule has 0 aliphatic heterocycles. The molecule has 2 rings (SSSR count). The Hall–Kier alpha value is -1.60. The van der Waals surface area contributed by atoms with E-state index < -0.39 is 49.3 Å². The van der Waals surface area contributed by atoms with E-state index in [1.807, 2.05) is 0 Å². The Morgan fingerprint density at radius 2 is 1.85 bits per heavy atom. The zero-order chi connectivity index (χ0) is 20.4. The molecule has 0 amide bonds. The quantitative estimate of drug-likeness (QED) is 0.345. The second-order valence-corrected chi connectivity index (χ2v) is 7.95. The number of esters is 2. The van der Waals surface area contributed by atoms with E-state index in [1.165, 1.54) is 6.92 Å². The molecule has 0 spiro atoms. The Labute approximate surface area is 156 Å². The largest absolute Gasteiger partial charge is 0.459 e. The highest BCUT2D eigenvalue weighted by molar-refractivity contribution is 5.86. The van der Waals surface area contributed by atoms with Crippen LogP contribution in [0.1, 0.15) is 52.4 Å². The van der Waals surface area contributed by atoms with E-state index in [4.69, 9.17) is 9.47 Å². The molecule has 2 aliphatic rings. The minimum Gasteiger partial charge on any atom is -0.459 e. The molecule has 0 aromatic heterocycles. The fourth-order valence-electron chi connectivity index (χ4n) is 3.83. The van der Waals surface area contributed by atoms with Crippen LogP contribution in [0.3, 0.4) is 0 Å². The highest BCUT2D eigenvalue weighted by Crippen LogP contribution is 2.49. The average Bonchev–Trinajstić information content (AvgIpc) is 3.18. The van der Waals surface area contributed by atoms with Crippen molar-refractivity contribution in [2.75, 3.05) is 6.61 Å². The standard InChI is InChI=1S/C19H26F4O4/c1-11(2)16(24)26-10-14(6-7-18(3,20)19(21,22)23)27-17(25)15-9-12-4-5-13(15)8-12/h12-15H,1,4-10H2,2-3H3. The van der Waals surface area contributed by atoms with E-state index in [0.717, 1.165) is 19.3 Å². The fourth-order valence-corrected chi connectivity index (χ4v) is 3.83. The van der Waals surface area contributed by atoms with Gasteiger partial charge in [-0.3, -0.25) is 4.79 Å². The van der Waals surface area contributed by atoms with Crippen LogP contribution in [-0.4, -0.2) is 36.5 Å². The van der Waals surface area contributed by atoms with Gasteiger partial charge in [0, 0.05) is 5.57 Å². The molecule has 5 unspecified atom stereocenters. The number of alkyl halides is 4. The Bertz CT molecular complexity index is 585. The molecule has 2 fully saturated rings. The molecular weight excluding hydrogens is 368 g/mol. The molecule has 0 saturated heterocycles. The molecule has 2 aliphatic carbocycles. The van der Waals surface area contributed by atoms with E-state index in [-0.39, 0.29) is 17.4 Å². The van der Waals surface area contributed by atoms with Crippen molar-refractivity contribution in [1.82, 2.24) is 0 Å². The SMILES string of the molecule is C=C(C)C(=O)OCC(CCC(C)(F)C(F)(F)F)OC(=O)C1CC2CCC1C2. The van der Waals surface area contributed by atoms with Gasteiger partial charge in [-0.2, -0.15) is 13.2 Å². The summed E-state index contributed by atoms with van der Waals surface area (Å²) in [5.74, 6) is -0.780. The monoisotopic (exact) mass is 394 g/mol. The third kappa shape index (κ3) is 5.45. The number of hydrogen-bond donors (Lipinski definition) is 0. The van der Waals surface area contributed by atoms with Crippen LogP contribution in [-0.2, 0) is 19.1 Å². The van der Waals surface area contributed by atoms with Crippen molar-refractivity contribution in [3.8, 4) is 0 Å². The summed E-state index contributed by atoms with van der Waals surface area (Å²) in [5, 5.41) is 0. The molecule has 0 heterocycles. The first-order chi connectivity index (χ1) is 12.4. The maximum absolute atomic E-state index is 13.9. The van der Waals surface area contributed by atoms with Crippen LogP contribution in [0.5, 0.6) is 0 Å². The summed E-state index contributed by atoms with van der Waals surface area (Å²) in [6, 6.07) is 0. The predicted molar refractivity (Wildman–Crippen MR) is 89.4 cm³/mol. The van der Waals surface area contributed by atoms with Gasteiger partial charge in [0.05, 0.1) is 5.92 Å². The van der Waals surface area contributed by atoms with Crippen LogP contribution in [0.25, 0.3) is 0 Å². The molecule has 154 valence electrons. The minimum absolute atomic E-state index is 0.110. The van der Waals surface area contributed by atoms with Gasteiger partial charge in [0.2, 0.25) is 5.67 Å². The first-order valence-corrected chi connectivity index (χ1v) is 9.19. The summed E-state index contributed by atoms with van der Waals surface area (Å²) in [6.45, 7) is 4.85. The molecule has 2 saturated carbocycles. The second-order valence-electron chi connectivity index (χ2n) is 7.95. The molecule has 5 atom stereocenters. The zero-order valence-electron chi connectivity index (χ0n) is 15.6. The van der Waals surface area contributed by atoms with Gasteiger partial charge in [0.15, 0.2) is 0 Å². The van der Waals surface area contributed by atoms with Gasteiger partial charge in [-0.1, -0.05) is 13.0 Å². The molecule has 0 aromatic rings. The lowest BCUT2D eigenvalue weighted by Gasteiger charge is -2.27. The van der Waals surface area contributed by atoms with Crippen molar-refractivity contribution in [2.24, 2.45) is 17.8 Å². The number of halogens is 4. The van der Waals surface area contributed by atoms with Crippen molar-refractivity contribution in [3.05, 3.63) is 12.2 Å². The van der Waals surface area contributed by atoms with Crippen LogP contribution in [0.15, 0.2) is 12.2 Å². The van der Waals surface area contributed by atoms with Gasteiger partial charge in [-0.05, 0) is 57.8 Å². The number of carbonyl (C=O) groups excluding carboxylic acids is 2. The maximum atomic E-state index is 13.9. The van der Waals surface area contributed by atoms with Crippen molar-refractivity contribution in [1.29, 1.82) is 0 Å². The molecule has 27 heavy (non-hydrogen) atoms. The van der Waals surface area contributed by atoms with E-state index in [9.17, 15) is 27.2 Å². The van der Waals surface area contributed by atoms with E-state index in [2.05, 4.69) is 6.58 Å². The molecular formula is C19H26F4O4. The van der Waals surface area contributed by atoms with Gasteiger partial charge in [-0.25, -0.2) is 9.18 Å². The summed E-state index contributed by atoms with van der Waals surface area (Å²) in [6.07, 6.45) is -3.75. The van der Waals surface area contributed by atoms with Gasteiger partial charge in [0.1, 0.15) is 12.7 Å². The highest BCUT2D eigenvalue weighted by Gasteiger charge is 2.52. The maximum Gasteiger partial charge on any atom is 0.422 e. The third-order valence-electron chi connectivity index (χ3n) is 5.60. The number of hydrogen-bond acceptors (Lipinski definition) is 4. The van der Waals surface area contributed by atoms with E-state index in [0.29, 0.717) is 19.3 Å². The number of ether oxygens (including phenoxy) is 2. The number of rotatable bonds is 8. The van der Waals surface area contributed by atoms with Gasteiger partial charge >= 0.3 is 18.1 Å². The van der Waals surface area contributed by atoms with Crippen molar-refractivity contribution in [2.45, 2.75) is 70.3 Å². The van der Waals surface area contributed by atoms with Gasteiger partial charge in [0.25, 0.3) is 0 Å². The summed E-state index contributed by atoms with van der Waals surface area (Å²) in [5.41, 5.74) is -3.30. The minimum atomic E-state index is -5.03. The van der Waals surface area contributed by atoms with Crippen LogP contribution >= 0.6 is 0 Å². The lowest BCUT2D eigenvalue weighted by molar-refractivity contribution is -0.227. The van der Waals surface area contributed by atoms with Crippen molar-refractivity contribution in [3.63, 3.8) is 0 Å². The Morgan fingerprint density at radius 3 is 2.33 bits per heavy atom. The van der Waals surface area contributed by atoms with E-state index in [1.54, 1.807) is 0 Å². The first-order valence-electron chi connectivity index (χ1n) is 9.19. The predicted octanol–water partition coefficient (Wildman–Crippen LogP) is 4.52. The van der Waals surface area contributed by atoms with E-state index >= 15 is 0 Å². The number of fused-ring (bicyclic) bond motifs is 2. The van der Waals surface area contributed by atoms with Gasteiger partial charge in [-0.15, -0.1) is 0 Å². The highest BCUT2D eigenvalue weighted by atomic mass is 19.4. The second kappa shape index (κ2) is 8.19. The summed E-state index contributed by atoms with van der Waals surface area (Å²) < 4.78 is 62.3. The van der Waals surface area contributed by atoms with Crippen LogP contribution in [0.2, 0.25) is 0 Å². The lowest BCUT2D eigenvalue weighted by Crippen LogP contribution is -2.39. The smallest absolute Gasteiger partial charge is 0.422 e. The molecule has 0 aromatic carbocycles. The first kappa shape index (κ1) is 21.7.